The minimum absolute atomic E-state index is 0.327. The summed E-state index contributed by atoms with van der Waals surface area (Å²) in [7, 11) is -1.62. The molecule has 2 fully saturated rings. The molecule has 0 saturated carbocycles. The molecule has 2 atom stereocenters. The predicted molar refractivity (Wildman–Crippen MR) is 164 cm³/mol. The lowest BCUT2D eigenvalue weighted by atomic mass is 9.98. The van der Waals surface area contributed by atoms with E-state index in [1.807, 2.05) is 29.0 Å². The molecule has 2 aromatic rings. The van der Waals surface area contributed by atoms with Crippen LogP contribution >= 0.6 is 11.3 Å². The molecule has 1 amide bonds. The fourth-order valence-corrected chi connectivity index (χ4v) is 6.94. The number of allylic oxidation sites excluding steroid dienone is 7. The van der Waals surface area contributed by atoms with Crippen LogP contribution in [0.15, 0.2) is 54.4 Å². The molecule has 0 bridgehead atoms. The van der Waals surface area contributed by atoms with Gasteiger partial charge < -0.3 is 9.47 Å². The summed E-state index contributed by atoms with van der Waals surface area (Å²) in [5.74, 6) is -0.411. The minimum atomic E-state index is -1.62. The Labute approximate surface area is 247 Å². The van der Waals surface area contributed by atoms with Crippen LogP contribution in [0.2, 0.25) is 0 Å². The molecule has 2 aliphatic heterocycles. The van der Waals surface area contributed by atoms with Crippen LogP contribution in [0, 0.1) is 0 Å². The van der Waals surface area contributed by atoms with E-state index in [1.165, 1.54) is 11.3 Å². The molecule has 0 spiro atoms. The van der Waals surface area contributed by atoms with E-state index >= 15 is 0 Å². The van der Waals surface area contributed by atoms with Crippen LogP contribution in [0.3, 0.4) is 0 Å². The van der Waals surface area contributed by atoms with Crippen molar-refractivity contribution >= 4 is 46.3 Å². The molecule has 4 rings (SSSR count). The first-order chi connectivity index (χ1) is 19.9. The maximum atomic E-state index is 13.8. The van der Waals surface area contributed by atoms with Gasteiger partial charge in [0, 0.05) is 41.9 Å². The predicted octanol–water partition coefficient (Wildman–Crippen LogP) is 3.83. The molecule has 0 aromatic carbocycles. The number of thiazole rings is 1. The van der Waals surface area contributed by atoms with Gasteiger partial charge in [-0.15, -0.1) is 0 Å². The number of hydrogen-bond acceptors (Lipinski definition) is 8. The van der Waals surface area contributed by atoms with Crippen LogP contribution in [0.5, 0.6) is 0 Å². The second kappa shape index (κ2) is 14.8. The monoisotopic (exact) mass is 598 g/mol. The summed E-state index contributed by atoms with van der Waals surface area (Å²) in [5.41, 5.74) is 4.51. The molecular weight excluding hydrogens is 560 g/mol. The number of hydroxylamine groups is 1. The number of imidazole rings is 1. The van der Waals surface area contributed by atoms with E-state index in [9.17, 15) is 9.00 Å². The van der Waals surface area contributed by atoms with E-state index in [4.69, 9.17) is 19.3 Å². The summed E-state index contributed by atoms with van der Waals surface area (Å²) in [6, 6.07) is 0. The Morgan fingerprint density at radius 3 is 2.80 bits per heavy atom. The van der Waals surface area contributed by atoms with Crippen LogP contribution in [-0.4, -0.2) is 55.5 Å². The highest BCUT2D eigenvalue weighted by Gasteiger charge is 2.47. The highest BCUT2D eigenvalue weighted by Crippen LogP contribution is 2.32. The molecule has 4 heterocycles. The average Bonchev–Trinajstić information content (AvgIpc) is 3.64. The van der Waals surface area contributed by atoms with Gasteiger partial charge in [0.25, 0.3) is 5.91 Å². The zero-order valence-corrected chi connectivity index (χ0v) is 25.3. The SMILES string of the molecule is C=C/C=C\C=C(/CC)c1cn(-c2n/c(=C/C=C(\C)S(=O)C3(C(=O)NOC4CCCCO4)CCOCC3)c(=C)s2)cn1. The Hall–Kier alpha value is -2.96. The molecule has 0 radical (unpaired) electrons. The number of carbonyl (C=O) groups is 1. The average molecular weight is 599 g/mol. The van der Waals surface area contributed by atoms with Crippen molar-refractivity contribution in [2.24, 2.45) is 0 Å². The smallest absolute Gasteiger partial charge is 0.263 e. The second-order valence-electron chi connectivity index (χ2n) is 9.80. The first-order valence-corrected chi connectivity index (χ1v) is 15.8. The molecular formula is C30H38N4O5S2. The van der Waals surface area contributed by atoms with Gasteiger partial charge in [-0.2, -0.15) is 0 Å². The fourth-order valence-electron chi connectivity index (χ4n) is 4.60. The molecule has 41 heavy (non-hydrogen) atoms. The third-order valence-corrected chi connectivity index (χ3v) is 10.00. The standard InChI is InChI=1S/C30H38N4O5S2/c1-5-7-8-11-24(6-2)26-20-34(21-31-26)29-32-25(23(4)40-29)14-13-22(3)41(36)30(15-18-37-19-16-30)28(35)33-39-27-12-9-10-17-38-27/h5,7-8,11,13-14,20-21,27H,1,4,6,9-10,12,15-19H2,2-3H3,(H,33,35)/b8-7-,22-13+,24-11+,25-14+. The van der Waals surface area contributed by atoms with Crippen LogP contribution in [0.4, 0.5) is 0 Å². The summed E-state index contributed by atoms with van der Waals surface area (Å²) in [5, 5.41) is 1.40. The summed E-state index contributed by atoms with van der Waals surface area (Å²) in [6.07, 6.45) is 18.5. The van der Waals surface area contributed by atoms with Crippen molar-refractivity contribution in [3.05, 3.63) is 70.0 Å². The number of nitrogens with zero attached hydrogens (tertiary/aromatic N) is 3. The summed E-state index contributed by atoms with van der Waals surface area (Å²) in [4.78, 5) is 28.7. The van der Waals surface area contributed by atoms with E-state index in [-0.39, 0.29) is 0 Å². The second-order valence-corrected chi connectivity index (χ2v) is 12.8. The zero-order chi connectivity index (χ0) is 29.2. The van der Waals surface area contributed by atoms with Gasteiger partial charge in [-0.25, -0.2) is 20.3 Å². The van der Waals surface area contributed by atoms with E-state index in [0.717, 1.165) is 40.2 Å². The first kappa shape index (κ1) is 31.0. The Kier molecular flexibility index (Phi) is 11.2. The van der Waals surface area contributed by atoms with E-state index in [2.05, 4.69) is 30.5 Å². The molecule has 2 aromatic heterocycles. The molecule has 2 saturated heterocycles. The Morgan fingerprint density at radius 1 is 1.29 bits per heavy atom. The third-order valence-electron chi connectivity index (χ3n) is 7.03. The summed E-state index contributed by atoms with van der Waals surface area (Å²) in [6.45, 7) is 13.0. The van der Waals surface area contributed by atoms with Crippen LogP contribution in [0.1, 0.15) is 58.1 Å². The minimum Gasteiger partial charge on any atom is -0.381 e. The number of rotatable bonds is 11. The van der Waals surface area contributed by atoms with Crippen molar-refractivity contribution in [1.82, 2.24) is 20.0 Å². The van der Waals surface area contributed by atoms with Gasteiger partial charge in [0.15, 0.2) is 11.4 Å². The molecule has 0 aliphatic carbocycles. The Balaban J connectivity index is 1.52. The van der Waals surface area contributed by atoms with Crippen molar-refractivity contribution in [3.8, 4) is 5.13 Å². The van der Waals surface area contributed by atoms with E-state index < -0.39 is 27.7 Å². The third kappa shape index (κ3) is 7.66. The number of hydrogen-bond donors (Lipinski definition) is 1. The van der Waals surface area contributed by atoms with Crippen molar-refractivity contribution in [3.63, 3.8) is 0 Å². The van der Waals surface area contributed by atoms with E-state index in [1.54, 1.807) is 31.5 Å². The van der Waals surface area contributed by atoms with Crippen LogP contribution < -0.4 is 15.4 Å². The van der Waals surface area contributed by atoms with Gasteiger partial charge in [-0.3, -0.25) is 13.6 Å². The van der Waals surface area contributed by atoms with Gasteiger partial charge in [0.05, 0.1) is 21.8 Å². The zero-order valence-electron chi connectivity index (χ0n) is 23.7. The maximum absolute atomic E-state index is 13.8. The van der Waals surface area contributed by atoms with Crippen LogP contribution in [0.25, 0.3) is 23.4 Å². The molecule has 9 nitrogen and oxygen atoms in total. The van der Waals surface area contributed by atoms with Crippen molar-refractivity contribution in [2.75, 3.05) is 19.8 Å². The Bertz CT molecular complexity index is 1440. The van der Waals surface area contributed by atoms with Gasteiger partial charge in [-0.05, 0) is 56.8 Å². The number of ether oxygens (including phenoxy) is 2. The molecule has 2 unspecified atom stereocenters. The van der Waals surface area contributed by atoms with Gasteiger partial charge in [-0.1, -0.05) is 55.7 Å². The number of nitrogens with one attached hydrogen (secondary N) is 1. The van der Waals surface area contributed by atoms with Gasteiger partial charge in [0.2, 0.25) is 0 Å². The molecule has 1 N–H and O–H groups in total. The lowest BCUT2D eigenvalue weighted by Crippen LogP contribution is -2.54. The number of aromatic nitrogens is 3. The summed E-state index contributed by atoms with van der Waals surface area (Å²) >= 11 is 1.44. The van der Waals surface area contributed by atoms with Crippen molar-refractivity contribution in [1.29, 1.82) is 0 Å². The Morgan fingerprint density at radius 2 is 2.10 bits per heavy atom. The lowest BCUT2D eigenvalue weighted by molar-refractivity contribution is -0.202. The summed E-state index contributed by atoms with van der Waals surface area (Å²) < 4.78 is 26.3. The first-order valence-electron chi connectivity index (χ1n) is 13.8. The topological polar surface area (TPSA) is 105 Å². The number of amides is 1. The fraction of sp³-hybridized carbons (Fsp3) is 0.433. The normalized spacial score (nSPS) is 21.2. The quantitative estimate of drug-likeness (QED) is 0.310. The van der Waals surface area contributed by atoms with Crippen molar-refractivity contribution in [2.45, 2.75) is 63.4 Å². The van der Waals surface area contributed by atoms with Crippen LogP contribution in [-0.2, 0) is 29.9 Å². The van der Waals surface area contributed by atoms with Crippen molar-refractivity contribution < 1.29 is 23.3 Å². The highest BCUT2D eigenvalue weighted by molar-refractivity contribution is 7.91. The largest absolute Gasteiger partial charge is 0.381 e. The number of carbonyl (C=O) groups excluding carboxylic acids is 1. The molecule has 220 valence electrons. The van der Waals surface area contributed by atoms with E-state index in [0.29, 0.717) is 49.3 Å². The maximum Gasteiger partial charge on any atom is 0.263 e. The molecule has 2 aliphatic rings. The highest BCUT2D eigenvalue weighted by atomic mass is 32.2. The lowest BCUT2D eigenvalue weighted by Gasteiger charge is -2.35. The molecule has 11 heteroatoms. The van der Waals surface area contributed by atoms with Gasteiger partial charge in [0.1, 0.15) is 11.1 Å². The van der Waals surface area contributed by atoms with Gasteiger partial charge >= 0.3 is 0 Å².